The lowest BCUT2D eigenvalue weighted by molar-refractivity contribution is 0.404. The van der Waals surface area contributed by atoms with Crippen molar-refractivity contribution in [2.24, 2.45) is 5.92 Å². The van der Waals surface area contributed by atoms with Crippen LogP contribution in [0.2, 0.25) is 0 Å². The molecule has 0 spiro atoms. The van der Waals surface area contributed by atoms with Crippen molar-refractivity contribution in [1.82, 2.24) is 5.32 Å². The number of hydrogen-bond donors (Lipinski definition) is 1. The molecule has 0 amide bonds. The minimum absolute atomic E-state index is 0.147. The van der Waals surface area contributed by atoms with Crippen LogP contribution in [0.15, 0.2) is 18.2 Å². The Bertz CT molecular complexity index is 334. The third-order valence-corrected chi connectivity index (χ3v) is 3.02. The maximum Gasteiger partial charge on any atom is 0.123 e. The maximum atomic E-state index is 13.0. The van der Waals surface area contributed by atoms with E-state index < -0.39 is 0 Å². The molecule has 16 heavy (non-hydrogen) atoms. The van der Waals surface area contributed by atoms with Gasteiger partial charge < -0.3 is 5.32 Å². The van der Waals surface area contributed by atoms with E-state index in [1.807, 2.05) is 13.0 Å². The Morgan fingerprint density at radius 2 is 2.00 bits per heavy atom. The summed E-state index contributed by atoms with van der Waals surface area (Å²) in [6.07, 6.45) is 0.970. The zero-order valence-electron chi connectivity index (χ0n) is 10.7. The second kappa shape index (κ2) is 6.00. The molecule has 1 N–H and O–H groups in total. The highest BCUT2D eigenvalue weighted by molar-refractivity contribution is 5.27. The predicted molar refractivity (Wildman–Crippen MR) is 67.1 cm³/mol. The quantitative estimate of drug-likeness (QED) is 0.807. The van der Waals surface area contributed by atoms with Gasteiger partial charge in [0.05, 0.1) is 0 Å². The van der Waals surface area contributed by atoms with Gasteiger partial charge in [-0.05, 0) is 49.1 Å². The Kier molecular flexibility index (Phi) is 4.94. The molecule has 1 unspecified atom stereocenters. The van der Waals surface area contributed by atoms with E-state index in [1.165, 1.54) is 5.56 Å². The lowest BCUT2D eigenvalue weighted by Crippen LogP contribution is -2.35. The number of nitrogens with one attached hydrogen (secondary N) is 1. The molecule has 0 saturated carbocycles. The average molecular weight is 223 g/mol. The van der Waals surface area contributed by atoms with Gasteiger partial charge in [0.2, 0.25) is 0 Å². The summed E-state index contributed by atoms with van der Waals surface area (Å²) in [4.78, 5) is 0. The molecule has 0 saturated heterocycles. The van der Waals surface area contributed by atoms with Crippen molar-refractivity contribution >= 4 is 0 Å². The normalized spacial score (nSPS) is 13.1. The van der Waals surface area contributed by atoms with Gasteiger partial charge in [0, 0.05) is 6.04 Å². The summed E-state index contributed by atoms with van der Waals surface area (Å²) in [7, 11) is 0. The maximum absolute atomic E-state index is 13.0. The van der Waals surface area contributed by atoms with Crippen LogP contribution in [0.3, 0.4) is 0 Å². The SMILES string of the molecule is CCNC(Cc1ccc(F)cc1C)C(C)C. The molecule has 0 aliphatic carbocycles. The number of aryl methyl sites for hydroxylation is 1. The topological polar surface area (TPSA) is 12.0 Å². The summed E-state index contributed by atoms with van der Waals surface area (Å²) < 4.78 is 13.0. The van der Waals surface area contributed by atoms with Crippen molar-refractivity contribution in [3.8, 4) is 0 Å². The number of halogens is 1. The molecule has 1 aromatic carbocycles. The second-order valence-electron chi connectivity index (χ2n) is 4.68. The van der Waals surface area contributed by atoms with E-state index >= 15 is 0 Å². The predicted octanol–water partition coefficient (Wildman–Crippen LogP) is 3.31. The Morgan fingerprint density at radius 1 is 1.31 bits per heavy atom. The largest absolute Gasteiger partial charge is 0.314 e. The third-order valence-electron chi connectivity index (χ3n) is 3.02. The molecule has 1 nitrogen and oxygen atoms in total. The van der Waals surface area contributed by atoms with Gasteiger partial charge in [0.1, 0.15) is 5.82 Å². The first-order valence-corrected chi connectivity index (χ1v) is 6.03. The summed E-state index contributed by atoms with van der Waals surface area (Å²) in [5.74, 6) is 0.440. The number of benzene rings is 1. The van der Waals surface area contributed by atoms with Crippen molar-refractivity contribution < 1.29 is 4.39 Å². The molecule has 0 heterocycles. The van der Waals surface area contributed by atoms with E-state index in [2.05, 4.69) is 26.1 Å². The minimum atomic E-state index is -0.147. The molecular formula is C14H22FN. The summed E-state index contributed by atoms with van der Waals surface area (Å²) in [5, 5.41) is 3.48. The molecule has 0 aliphatic heterocycles. The highest BCUT2D eigenvalue weighted by Gasteiger charge is 2.13. The van der Waals surface area contributed by atoms with Crippen LogP contribution in [-0.4, -0.2) is 12.6 Å². The summed E-state index contributed by atoms with van der Waals surface area (Å²) in [6.45, 7) is 9.50. The van der Waals surface area contributed by atoms with Crippen molar-refractivity contribution in [3.05, 3.63) is 35.1 Å². The second-order valence-corrected chi connectivity index (χ2v) is 4.68. The highest BCUT2D eigenvalue weighted by Crippen LogP contribution is 2.15. The van der Waals surface area contributed by atoms with E-state index in [0.717, 1.165) is 18.5 Å². The summed E-state index contributed by atoms with van der Waals surface area (Å²) >= 11 is 0. The first kappa shape index (κ1) is 13.2. The lowest BCUT2D eigenvalue weighted by Gasteiger charge is -2.22. The molecule has 0 aromatic heterocycles. The van der Waals surface area contributed by atoms with E-state index in [0.29, 0.717) is 12.0 Å². The molecule has 1 atom stereocenters. The van der Waals surface area contributed by atoms with Crippen LogP contribution < -0.4 is 5.32 Å². The van der Waals surface area contributed by atoms with Gasteiger partial charge in [-0.15, -0.1) is 0 Å². The van der Waals surface area contributed by atoms with Gasteiger partial charge in [0.25, 0.3) is 0 Å². The van der Waals surface area contributed by atoms with Crippen LogP contribution in [0.4, 0.5) is 4.39 Å². The Hall–Kier alpha value is -0.890. The van der Waals surface area contributed by atoms with E-state index in [9.17, 15) is 4.39 Å². The molecule has 0 radical (unpaired) electrons. The van der Waals surface area contributed by atoms with E-state index in [1.54, 1.807) is 12.1 Å². The fourth-order valence-electron chi connectivity index (χ4n) is 1.93. The van der Waals surface area contributed by atoms with Gasteiger partial charge in [-0.3, -0.25) is 0 Å². The van der Waals surface area contributed by atoms with Gasteiger partial charge in [-0.1, -0.05) is 26.8 Å². The summed E-state index contributed by atoms with van der Waals surface area (Å²) in [6, 6.07) is 5.52. The van der Waals surface area contributed by atoms with Crippen LogP contribution in [-0.2, 0) is 6.42 Å². The Labute approximate surface area is 98.1 Å². The Morgan fingerprint density at radius 3 is 2.50 bits per heavy atom. The Balaban J connectivity index is 2.77. The number of likely N-dealkylation sites (N-methyl/N-ethyl adjacent to an activating group) is 1. The van der Waals surface area contributed by atoms with Crippen molar-refractivity contribution in [2.45, 2.75) is 40.2 Å². The molecular weight excluding hydrogens is 201 g/mol. The standard InChI is InChI=1S/C14H22FN/c1-5-16-14(10(2)3)9-12-6-7-13(15)8-11(12)4/h6-8,10,14,16H,5,9H2,1-4H3. The molecule has 0 fully saturated rings. The van der Waals surface area contributed by atoms with Crippen LogP contribution in [0, 0.1) is 18.7 Å². The van der Waals surface area contributed by atoms with Crippen molar-refractivity contribution in [1.29, 1.82) is 0 Å². The lowest BCUT2D eigenvalue weighted by atomic mass is 9.94. The molecule has 2 heteroatoms. The first-order chi connectivity index (χ1) is 7.54. The fraction of sp³-hybridized carbons (Fsp3) is 0.571. The van der Waals surface area contributed by atoms with Crippen LogP contribution in [0.25, 0.3) is 0 Å². The first-order valence-electron chi connectivity index (χ1n) is 6.03. The molecule has 1 rings (SSSR count). The van der Waals surface area contributed by atoms with E-state index in [4.69, 9.17) is 0 Å². The number of rotatable bonds is 5. The molecule has 1 aromatic rings. The van der Waals surface area contributed by atoms with Gasteiger partial charge in [-0.25, -0.2) is 4.39 Å². The van der Waals surface area contributed by atoms with Crippen LogP contribution >= 0.6 is 0 Å². The highest BCUT2D eigenvalue weighted by atomic mass is 19.1. The smallest absolute Gasteiger partial charge is 0.123 e. The minimum Gasteiger partial charge on any atom is -0.314 e. The van der Waals surface area contributed by atoms with Crippen molar-refractivity contribution in [2.75, 3.05) is 6.54 Å². The molecule has 0 bridgehead atoms. The third kappa shape index (κ3) is 3.60. The number of hydrogen-bond acceptors (Lipinski definition) is 1. The monoisotopic (exact) mass is 223 g/mol. The fourth-order valence-corrected chi connectivity index (χ4v) is 1.93. The van der Waals surface area contributed by atoms with Gasteiger partial charge in [0.15, 0.2) is 0 Å². The average Bonchev–Trinajstić information content (AvgIpc) is 2.20. The van der Waals surface area contributed by atoms with Crippen molar-refractivity contribution in [3.63, 3.8) is 0 Å². The summed E-state index contributed by atoms with van der Waals surface area (Å²) in [5.41, 5.74) is 2.28. The van der Waals surface area contributed by atoms with Crippen LogP contribution in [0.1, 0.15) is 31.9 Å². The van der Waals surface area contributed by atoms with Gasteiger partial charge in [-0.2, -0.15) is 0 Å². The molecule has 90 valence electrons. The molecule has 0 aliphatic rings. The zero-order valence-corrected chi connectivity index (χ0v) is 10.7. The van der Waals surface area contributed by atoms with E-state index in [-0.39, 0.29) is 5.82 Å². The zero-order chi connectivity index (χ0) is 12.1. The van der Waals surface area contributed by atoms with Gasteiger partial charge >= 0.3 is 0 Å². The van der Waals surface area contributed by atoms with Crippen LogP contribution in [0.5, 0.6) is 0 Å².